The van der Waals surface area contributed by atoms with Gasteiger partial charge in [-0.2, -0.15) is 0 Å². The summed E-state index contributed by atoms with van der Waals surface area (Å²) in [5.74, 6) is 2.49. The fourth-order valence-corrected chi connectivity index (χ4v) is 5.80. The molecule has 0 N–H and O–H groups in total. The first kappa shape index (κ1) is 23.3. The fraction of sp³-hybridized carbons (Fsp3) is 0. The monoisotopic (exact) mass is 527 g/mol. The number of ether oxygens (including phenoxy) is 1. The first-order chi connectivity index (χ1) is 20.3. The molecular formula is C37H25N3O. The smallest absolute Gasteiger partial charge is 0.137 e. The number of hydrogen-bond acceptors (Lipinski definition) is 3. The van der Waals surface area contributed by atoms with E-state index >= 15 is 0 Å². The van der Waals surface area contributed by atoms with Gasteiger partial charge in [0, 0.05) is 28.7 Å². The summed E-state index contributed by atoms with van der Waals surface area (Å²) in [4.78, 5) is 7.02. The normalized spacial score (nSPS) is 12.2. The van der Waals surface area contributed by atoms with Gasteiger partial charge in [0.15, 0.2) is 0 Å². The number of hydrogen-bond donors (Lipinski definition) is 0. The first-order valence-corrected chi connectivity index (χ1v) is 13.7. The highest BCUT2D eigenvalue weighted by molar-refractivity contribution is 6.09. The van der Waals surface area contributed by atoms with Crippen molar-refractivity contribution >= 4 is 51.2 Å². The van der Waals surface area contributed by atoms with E-state index in [0.29, 0.717) is 0 Å². The zero-order valence-electron chi connectivity index (χ0n) is 22.2. The van der Waals surface area contributed by atoms with Gasteiger partial charge in [-0.15, -0.1) is 0 Å². The number of anilines is 3. The van der Waals surface area contributed by atoms with E-state index in [2.05, 4.69) is 107 Å². The van der Waals surface area contributed by atoms with Crippen LogP contribution in [-0.4, -0.2) is 9.55 Å². The van der Waals surface area contributed by atoms with Crippen LogP contribution in [0.4, 0.5) is 17.2 Å². The quantitative estimate of drug-likeness (QED) is 0.228. The number of pyridine rings is 1. The predicted molar refractivity (Wildman–Crippen MR) is 169 cm³/mol. The second-order valence-electron chi connectivity index (χ2n) is 10.1. The van der Waals surface area contributed by atoms with Crippen LogP contribution in [-0.2, 0) is 0 Å². The van der Waals surface area contributed by atoms with Crippen LogP contribution in [0, 0.1) is 0 Å². The number of aromatic nitrogens is 2. The van der Waals surface area contributed by atoms with Crippen LogP contribution in [0.2, 0.25) is 0 Å². The molecule has 5 aromatic carbocycles. The maximum absolute atomic E-state index is 6.26. The van der Waals surface area contributed by atoms with Crippen molar-refractivity contribution < 1.29 is 4.74 Å². The summed E-state index contributed by atoms with van der Waals surface area (Å²) in [6.45, 7) is 0. The minimum atomic E-state index is 0.800. The van der Waals surface area contributed by atoms with Crippen molar-refractivity contribution in [3.63, 3.8) is 0 Å². The molecule has 41 heavy (non-hydrogen) atoms. The van der Waals surface area contributed by atoms with Gasteiger partial charge in [-0.05, 0) is 71.8 Å². The molecule has 1 aliphatic heterocycles. The molecule has 194 valence electrons. The first-order valence-electron chi connectivity index (χ1n) is 13.7. The molecule has 0 radical (unpaired) electrons. The maximum atomic E-state index is 6.26. The van der Waals surface area contributed by atoms with Crippen LogP contribution in [0.15, 0.2) is 140 Å². The molecule has 0 unspecified atom stereocenters. The third kappa shape index (κ3) is 3.97. The largest absolute Gasteiger partial charge is 0.457 e. The Hall–Kier alpha value is -5.61. The lowest BCUT2D eigenvalue weighted by Gasteiger charge is -2.26. The van der Waals surface area contributed by atoms with E-state index in [-0.39, 0.29) is 0 Å². The molecule has 0 spiro atoms. The Bertz CT molecular complexity index is 2080. The highest BCUT2D eigenvalue weighted by Gasteiger charge is 2.22. The van der Waals surface area contributed by atoms with Crippen LogP contribution in [0.1, 0.15) is 11.1 Å². The summed E-state index contributed by atoms with van der Waals surface area (Å²) < 4.78 is 8.59. The highest BCUT2D eigenvalue weighted by atomic mass is 16.5. The molecule has 0 saturated carbocycles. The molecule has 4 heteroatoms. The Kier molecular flexibility index (Phi) is 5.42. The number of rotatable bonds is 4. The van der Waals surface area contributed by atoms with E-state index in [1.807, 2.05) is 54.7 Å². The number of para-hydroxylation sites is 3. The van der Waals surface area contributed by atoms with Gasteiger partial charge < -0.3 is 9.30 Å². The lowest BCUT2D eigenvalue weighted by atomic mass is 10.1. The van der Waals surface area contributed by atoms with Crippen molar-refractivity contribution in [2.45, 2.75) is 0 Å². The van der Waals surface area contributed by atoms with Gasteiger partial charge in [-0.25, -0.2) is 4.98 Å². The summed E-state index contributed by atoms with van der Waals surface area (Å²) in [6, 6.07) is 46.0. The molecule has 1 aliphatic rings. The number of nitrogens with zero attached hydrogens (tertiary/aromatic N) is 3. The van der Waals surface area contributed by atoms with Crippen molar-refractivity contribution in [2.75, 3.05) is 4.90 Å². The van der Waals surface area contributed by atoms with Gasteiger partial charge in [0.1, 0.15) is 17.3 Å². The standard InChI is InChI=1S/C37H25N3O/c1-2-11-29(12-3-1)41-30-21-22-32-31-13-5-7-15-34(31)39(36(32)25-30)28-20-19-27-18-17-26-10-4-6-14-33(26)40(35(27)24-28)37-16-8-9-23-38-37/h1-25H. The van der Waals surface area contributed by atoms with Gasteiger partial charge in [-0.3, -0.25) is 4.90 Å². The third-order valence-corrected chi connectivity index (χ3v) is 7.64. The maximum Gasteiger partial charge on any atom is 0.137 e. The van der Waals surface area contributed by atoms with Crippen molar-refractivity contribution in [1.29, 1.82) is 0 Å². The molecule has 0 saturated heterocycles. The number of benzene rings is 5. The topological polar surface area (TPSA) is 30.3 Å². The number of fused-ring (bicyclic) bond motifs is 5. The Balaban J connectivity index is 1.36. The van der Waals surface area contributed by atoms with Gasteiger partial charge in [0.25, 0.3) is 0 Å². The van der Waals surface area contributed by atoms with Crippen LogP contribution in [0.5, 0.6) is 11.5 Å². The van der Waals surface area contributed by atoms with E-state index in [9.17, 15) is 0 Å². The summed E-state index contributed by atoms with van der Waals surface area (Å²) in [6.07, 6.45) is 6.23. The van der Waals surface area contributed by atoms with E-state index in [1.54, 1.807) is 0 Å². The molecule has 8 rings (SSSR count). The molecule has 0 fully saturated rings. The van der Waals surface area contributed by atoms with E-state index < -0.39 is 0 Å². The molecule has 4 nitrogen and oxygen atoms in total. The summed E-state index contributed by atoms with van der Waals surface area (Å²) >= 11 is 0. The van der Waals surface area contributed by atoms with Gasteiger partial charge in [-0.1, -0.05) is 78.9 Å². The van der Waals surface area contributed by atoms with Gasteiger partial charge in [0.05, 0.1) is 22.4 Å². The molecule has 0 amide bonds. The summed E-state index contributed by atoms with van der Waals surface area (Å²) in [5, 5.41) is 2.39. The Labute approximate surface area is 238 Å². The highest BCUT2D eigenvalue weighted by Crippen LogP contribution is 2.43. The van der Waals surface area contributed by atoms with E-state index in [0.717, 1.165) is 56.5 Å². The zero-order valence-corrected chi connectivity index (χ0v) is 22.2. The molecular weight excluding hydrogens is 502 g/mol. The van der Waals surface area contributed by atoms with E-state index in [1.165, 1.54) is 10.8 Å². The van der Waals surface area contributed by atoms with Crippen molar-refractivity contribution in [3.05, 3.63) is 151 Å². The van der Waals surface area contributed by atoms with E-state index in [4.69, 9.17) is 9.72 Å². The van der Waals surface area contributed by atoms with Gasteiger partial charge in [0.2, 0.25) is 0 Å². The van der Waals surface area contributed by atoms with Crippen molar-refractivity contribution in [2.24, 2.45) is 0 Å². The van der Waals surface area contributed by atoms with Crippen molar-refractivity contribution in [1.82, 2.24) is 9.55 Å². The third-order valence-electron chi connectivity index (χ3n) is 7.64. The van der Waals surface area contributed by atoms with Crippen LogP contribution in [0.3, 0.4) is 0 Å². The fourth-order valence-electron chi connectivity index (χ4n) is 5.80. The SMILES string of the molecule is C1=Cc2ccc(-n3c4ccccc4c4ccc(Oc5ccccc5)cc43)cc2N(c2ccccn2)c2ccccc21. The molecule has 2 aromatic heterocycles. The van der Waals surface area contributed by atoms with Gasteiger partial charge >= 0.3 is 0 Å². The average molecular weight is 528 g/mol. The average Bonchev–Trinajstić information content (AvgIpc) is 3.25. The van der Waals surface area contributed by atoms with Crippen molar-refractivity contribution in [3.8, 4) is 17.2 Å². The van der Waals surface area contributed by atoms with Crippen LogP contribution in [0.25, 0.3) is 39.6 Å². The van der Waals surface area contributed by atoms with Crippen LogP contribution < -0.4 is 9.64 Å². The molecule has 3 heterocycles. The second kappa shape index (κ2) is 9.54. The van der Waals surface area contributed by atoms with Crippen LogP contribution >= 0.6 is 0 Å². The molecule has 0 bridgehead atoms. The molecule has 7 aromatic rings. The molecule has 0 atom stereocenters. The predicted octanol–water partition coefficient (Wildman–Crippen LogP) is 9.92. The molecule has 0 aliphatic carbocycles. The Morgan fingerprint density at radius 2 is 1.27 bits per heavy atom. The minimum absolute atomic E-state index is 0.800. The second-order valence-corrected chi connectivity index (χ2v) is 10.1. The summed E-state index contributed by atoms with van der Waals surface area (Å²) in [7, 11) is 0. The zero-order chi connectivity index (χ0) is 27.2. The summed E-state index contributed by atoms with van der Waals surface area (Å²) in [5.41, 5.74) is 7.76. The lowest BCUT2D eigenvalue weighted by Crippen LogP contribution is -2.13. The Morgan fingerprint density at radius 3 is 2.15 bits per heavy atom. The minimum Gasteiger partial charge on any atom is -0.457 e. The lowest BCUT2D eigenvalue weighted by molar-refractivity contribution is 0.483. The Morgan fingerprint density at radius 1 is 0.512 bits per heavy atom.